The van der Waals surface area contributed by atoms with E-state index >= 15 is 0 Å². The Kier molecular flexibility index (Phi) is 15.5. The van der Waals surface area contributed by atoms with Crippen molar-refractivity contribution in [3.8, 4) is 0 Å². The van der Waals surface area contributed by atoms with Crippen LogP contribution in [0.15, 0.2) is 24.7 Å². The van der Waals surface area contributed by atoms with Gasteiger partial charge in [-0.2, -0.15) is 0 Å². The van der Waals surface area contributed by atoms with E-state index in [1.165, 1.54) is 0 Å². The van der Waals surface area contributed by atoms with E-state index in [0.717, 1.165) is 51.0 Å². The third kappa shape index (κ3) is 12.3. The van der Waals surface area contributed by atoms with Gasteiger partial charge in [-0.3, -0.25) is 0 Å². The average Bonchev–Trinajstić information content (AvgIpc) is 2.54. The zero-order valence-corrected chi connectivity index (χ0v) is 16.5. The zero-order chi connectivity index (χ0) is 17.2. The third-order valence-corrected chi connectivity index (χ3v) is 7.17. The van der Waals surface area contributed by atoms with Crippen molar-refractivity contribution in [1.29, 1.82) is 0 Å². The van der Waals surface area contributed by atoms with Gasteiger partial charge in [-0.05, 0) is 51.6 Å². The van der Waals surface area contributed by atoms with Crippen LogP contribution in [0.25, 0.3) is 0 Å². The summed E-state index contributed by atoms with van der Waals surface area (Å²) in [5.41, 5.74) is 0. The van der Waals surface area contributed by atoms with Crippen LogP contribution >= 0.6 is 0 Å². The van der Waals surface area contributed by atoms with Gasteiger partial charge >= 0.3 is 8.56 Å². The van der Waals surface area contributed by atoms with E-state index in [0.29, 0.717) is 13.2 Å². The molecule has 0 heterocycles. The van der Waals surface area contributed by atoms with Crippen molar-refractivity contribution in [3.05, 3.63) is 24.7 Å². The Balaban J connectivity index is 4.26. The summed E-state index contributed by atoms with van der Waals surface area (Å²) in [7, 11) is -2.14. The van der Waals surface area contributed by atoms with Gasteiger partial charge in [0.25, 0.3) is 0 Å². The second-order valence-electron chi connectivity index (χ2n) is 5.29. The number of hydrogen-bond donors (Lipinski definition) is 0. The Morgan fingerprint density at radius 2 is 1.13 bits per heavy atom. The van der Waals surface area contributed by atoms with Crippen molar-refractivity contribution in [3.63, 3.8) is 0 Å². The minimum absolute atomic E-state index is 0.708. The predicted octanol–water partition coefficient (Wildman–Crippen LogP) is 5.16. The summed E-state index contributed by atoms with van der Waals surface area (Å²) in [6, 6.07) is 1.94. The molecular weight excluding hydrogens is 308 g/mol. The monoisotopic (exact) mass is 344 g/mol. The lowest BCUT2D eigenvalue weighted by atomic mass is 10.5. The van der Waals surface area contributed by atoms with Gasteiger partial charge in [0.1, 0.15) is 0 Å². The van der Waals surface area contributed by atoms with Crippen LogP contribution < -0.4 is 0 Å². The van der Waals surface area contributed by atoms with Crippen molar-refractivity contribution < 1.29 is 18.3 Å². The number of rotatable bonds is 16. The molecule has 0 saturated carbocycles. The van der Waals surface area contributed by atoms with Crippen LogP contribution in [0.2, 0.25) is 12.1 Å². The van der Waals surface area contributed by atoms with Gasteiger partial charge < -0.3 is 18.3 Å². The van der Waals surface area contributed by atoms with E-state index < -0.39 is 8.56 Å². The molecule has 0 aliphatic carbocycles. The SMILES string of the molecule is CCC=COCCC[Si](CCCOC=CCC)(OCC)OCC. The lowest BCUT2D eigenvalue weighted by Crippen LogP contribution is -2.42. The molecule has 0 fully saturated rings. The second-order valence-corrected chi connectivity index (χ2v) is 8.68. The van der Waals surface area contributed by atoms with Crippen LogP contribution in [0.3, 0.4) is 0 Å². The van der Waals surface area contributed by atoms with Gasteiger partial charge in [0, 0.05) is 13.2 Å². The van der Waals surface area contributed by atoms with Gasteiger partial charge in [0.05, 0.1) is 25.7 Å². The molecule has 0 aromatic carbocycles. The maximum Gasteiger partial charge on any atom is 0.338 e. The molecule has 0 atom stereocenters. The summed E-state index contributed by atoms with van der Waals surface area (Å²) in [5.74, 6) is 0. The summed E-state index contributed by atoms with van der Waals surface area (Å²) >= 11 is 0. The topological polar surface area (TPSA) is 36.9 Å². The summed E-state index contributed by atoms with van der Waals surface area (Å²) in [6.45, 7) is 11.1. The molecule has 0 aliphatic rings. The highest BCUT2D eigenvalue weighted by Crippen LogP contribution is 2.23. The van der Waals surface area contributed by atoms with Gasteiger partial charge in [-0.1, -0.05) is 26.0 Å². The van der Waals surface area contributed by atoms with Crippen molar-refractivity contribution >= 4 is 8.56 Å². The van der Waals surface area contributed by atoms with Crippen molar-refractivity contribution in [2.45, 2.75) is 65.5 Å². The molecule has 0 unspecified atom stereocenters. The molecule has 0 radical (unpaired) electrons. The molecule has 0 N–H and O–H groups in total. The fraction of sp³-hybridized carbons (Fsp3) is 0.778. The van der Waals surface area contributed by atoms with E-state index in [2.05, 4.69) is 13.8 Å². The normalized spacial score (nSPS) is 12.3. The van der Waals surface area contributed by atoms with Crippen LogP contribution in [-0.4, -0.2) is 35.0 Å². The first-order valence-corrected chi connectivity index (χ1v) is 11.3. The molecular formula is C18H36O4Si. The first-order valence-electron chi connectivity index (χ1n) is 9.05. The fourth-order valence-corrected chi connectivity index (χ4v) is 5.62. The largest absolute Gasteiger partial charge is 0.502 e. The van der Waals surface area contributed by atoms with Crippen LogP contribution in [0.4, 0.5) is 0 Å². The lowest BCUT2D eigenvalue weighted by Gasteiger charge is -2.30. The minimum Gasteiger partial charge on any atom is -0.502 e. The minimum atomic E-state index is -2.14. The van der Waals surface area contributed by atoms with Crippen molar-refractivity contribution in [2.75, 3.05) is 26.4 Å². The molecule has 0 amide bonds. The van der Waals surface area contributed by atoms with E-state index in [4.69, 9.17) is 18.3 Å². The first-order chi connectivity index (χ1) is 11.2. The highest BCUT2D eigenvalue weighted by molar-refractivity contribution is 6.67. The molecule has 0 aromatic heterocycles. The molecule has 0 rings (SSSR count). The maximum absolute atomic E-state index is 6.09. The average molecular weight is 345 g/mol. The van der Waals surface area contributed by atoms with E-state index in [9.17, 15) is 0 Å². The summed E-state index contributed by atoms with van der Waals surface area (Å²) < 4.78 is 23.2. The van der Waals surface area contributed by atoms with Gasteiger partial charge in [0.15, 0.2) is 0 Å². The zero-order valence-electron chi connectivity index (χ0n) is 15.5. The number of hydrogen-bond acceptors (Lipinski definition) is 4. The number of allylic oxidation sites excluding steroid dienone is 2. The van der Waals surface area contributed by atoms with Crippen molar-refractivity contribution in [2.24, 2.45) is 0 Å². The highest BCUT2D eigenvalue weighted by Gasteiger charge is 2.36. The highest BCUT2D eigenvalue weighted by atomic mass is 28.4. The summed E-state index contributed by atoms with van der Waals surface area (Å²) in [6.07, 6.45) is 11.6. The smallest absolute Gasteiger partial charge is 0.338 e. The van der Waals surface area contributed by atoms with Gasteiger partial charge in [-0.15, -0.1) is 0 Å². The lowest BCUT2D eigenvalue weighted by molar-refractivity contribution is 0.170. The third-order valence-electron chi connectivity index (χ3n) is 3.31. The number of ether oxygens (including phenoxy) is 2. The second kappa shape index (κ2) is 16.1. The van der Waals surface area contributed by atoms with E-state index in [-0.39, 0.29) is 0 Å². The molecule has 0 spiro atoms. The van der Waals surface area contributed by atoms with Crippen molar-refractivity contribution in [1.82, 2.24) is 0 Å². The summed E-state index contributed by atoms with van der Waals surface area (Å²) in [4.78, 5) is 0. The van der Waals surface area contributed by atoms with Gasteiger partial charge in [0.2, 0.25) is 0 Å². The molecule has 0 bridgehead atoms. The quantitative estimate of drug-likeness (QED) is 0.220. The molecule has 4 nitrogen and oxygen atoms in total. The van der Waals surface area contributed by atoms with E-state index in [1.54, 1.807) is 12.5 Å². The standard InChI is InChI=1S/C18H36O4Si/c1-5-9-13-19-15-11-17-23(21-7-3,22-8-4)18-12-16-20-14-10-6-2/h9-10,13-14H,5-8,11-12,15-18H2,1-4H3. The predicted molar refractivity (Wildman–Crippen MR) is 98.6 cm³/mol. The first kappa shape index (κ1) is 22.2. The van der Waals surface area contributed by atoms with Crippen LogP contribution in [0.1, 0.15) is 53.4 Å². The summed E-state index contributed by atoms with van der Waals surface area (Å²) in [5, 5.41) is 0. The Morgan fingerprint density at radius 1 is 0.696 bits per heavy atom. The van der Waals surface area contributed by atoms with Gasteiger partial charge in [-0.25, -0.2) is 0 Å². The Hall–Kier alpha value is -0.783. The molecule has 5 heteroatoms. The van der Waals surface area contributed by atoms with Crippen LogP contribution in [-0.2, 0) is 18.3 Å². The molecule has 23 heavy (non-hydrogen) atoms. The maximum atomic E-state index is 6.09. The molecule has 0 saturated heterocycles. The molecule has 0 aliphatic heterocycles. The molecule has 136 valence electrons. The van der Waals surface area contributed by atoms with Crippen LogP contribution in [0.5, 0.6) is 0 Å². The van der Waals surface area contributed by atoms with Crippen LogP contribution in [0, 0.1) is 0 Å². The van der Waals surface area contributed by atoms with E-state index in [1.807, 2.05) is 26.0 Å². The molecule has 0 aromatic rings. The Morgan fingerprint density at radius 3 is 1.48 bits per heavy atom. The Labute approximate surface area is 144 Å². The fourth-order valence-electron chi connectivity index (χ4n) is 2.30. The Bertz CT molecular complexity index is 275.